The number of nitrogens with one attached hydrogen (secondary N) is 1. The zero-order chi connectivity index (χ0) is 12.8. The average Bonchev–Trinajstić information content (AvgIpc) is 2.78. The second kappa shape index (κ2) is 6.26. The first-order valence-corrected chi connectivity index (χ1v) is 6.22. The molecule has 0 amide bonds. The topological polar surface area (TPSA) is 55.6 Å². The van der Waals surface area contributed by atoms with Gasteiger partial charge in [-0.3, -0.25) is 4.98 Å². The Morgan fingerprint density at radius 1 is 1.28 bits per heavy atom. The summed E-state index contributed by atoms with van der Waals surface area (Å²) in [5.74, 6) is 0.650. The highest BCUT2D eigenvalue weighted by Gasteiger charge is 2.01. The first kappa shape index (κ1) is 12.7. The predicted molar refractivity (Wildman–Crippen MR) is 69.9 cm³/mol. The van der Waals surface area contributed by atoms with Crippen LogP contribution in [0.1, 0.15) is 25.1 Å². The molecule has 0 aliphatic carbocycles. The fourth-order valence-electron chi connectivity index (χ4n) is 1.66. The van der Waals surface area contributed by atoms with Crippen molar-refractivity contribution < 1.29 is 0 Å². The van der Waals surface area contributed by atoms with Gasteiger partial charge >= 0.3 is 0 Å². The minimum absolute atomic E-state index is 0.650. The summed E-state index contributed by atoms with van der Waals surface area (Å²) in [6, 6.07) is 3.97. The van der Waals surface area contributed by atoms with Crippen molar-refractivity contribution >= 4 is 0 Å². The summed E-state index contributed by atoms with van der Waals surface area (Å²) in [6.07, 6.45) is 5.56. The molecule has 1 N–H and O–H groups in total. The summed E-state index contributed by atoms with van der Waals surface area (Å²) in [7, 11) is 0. The van der Waals surface area contributed by atoms with Crippen LogP contribution in [0.3, 0.4) is 0 Å². The van der Waals surface area contributed by atoms with Gasteiger partial charge in [-0.1, -0.05) is 19.1 Å². The SMILES string of the molecule is CC(C)CNCc1cn(Cc2ccncc2)nn1. The predicted octanol–water partition coefficient (Wildman–Crippen LogP) is 1.47. The van der Waals surface area contributed by atoms with Gasteiger partial charge in [-0.2, -0.15) is 0 Å². The fraction of sp³-hybridized carbons (Fsp3) is 0.462. The molecular formula is C13H19N5. The lowest BCUT2D eigenvalue weighted by molar-refractivity contribution is 0.548. The summed E-state index contributed by atoms with van der Waals surface area (Å²) in [4.78, 5) is 3.99. The molecule has 2 heterocycles. The zero-order valence-electron chi connectivity index (χ0n) is 10.9. The van der Waals surface area contributed by atoms with E-state index in [2.05, 4.69) is 34.5 Å². The molecule has 0 saturated heterocycles. The summed E-state index contributed by atoms with van der Waals surface area (Å²) in [5, 5.41) is 11.6. The molecule has 2 aromatic heterocycles. The molecule has 0 radical (unpaired) electrons. The molecule has 2 rings (SSSR count). The van der Waals surface area contributed by atoms with Crippen LogP contribution < -0.4 is 5.32 Å². The third kappa shape index (κ3) is 3.92. The van der Waals surface area contributed by atoms with Crippen LogP contribution in [0.5, 0.6) is 0 Å². The first-order chi connectivity index (χ1) is 8.74. The largest absolute Gasteiger partial charge is 0.311 e. The second-order valence-corrected chi connectivity index (χ2v) is 4.79. The molecule has 5 nitrogen and oxygen atoms in total. The van der Waals surface area contributed by atoms with Crippen LogP contribution in [0.4, 0.5) is 0 Å². The Morgan fingerprint density at radius 2 is 2.06 bits per heavy atom. The first-order valence-electron chi connectivity index (χ1n) is 6.22. The lowest BCUT2D eigenvalue weighted by atomic mass is 10.2. The van der Waals surface area contributed by atoms with E-state index in [1.54, 1.807) is 12.4 Å². The Hall–Kier alpha value is -1.75. The van der Waals surface area contributed by atoms with Crippen molar-refractivity contribution in [1.29, 1.82) is 0 Å². The van der Waals surface area contributed by atoms with Crippen LogP contribution in [-0.4, -0.2) is 26.5 Å². The molecule has 0 spiro atoms. The Bertz CT molecular complexity index is 463. The Labute approximate surface area is 107 Å². The van der Waals surface area contributed by atoms with Crippen molar-refractivity contribution in [3.8, 4) is 0 Å². The molecule has 0 bridgehead atoms. The van der Waals surface area contributed by atoms with Crippen molar-refractivity contribution in [2.75, 3.05) is 6.54 Å². The van der Waals surface area contributed by atoms with Gasteiger partial charge in [0.15, 0.2) is 0 Å². The van der Waals surface area contributed by atoms with Gasteiger partial charge in [-0.05, 0) is 30.2 Å². The van der Waals surface area contributed by atoms with Gasteiger partial charge < -0.3 is 5.32 Å². The minimum Gasteiger partial charge on any atom is -0.311 e. The van der Waals surface area contributed by atoms with E-state index in [0.717, 1.165) is 25.3 Å². The van der Waals surface area contributed by atoms with E-state index in [1.165, 1.54) is 5.56 Å². The number of nitrogens with zero attached hydrogens (tertiary/aromatic N) is 4. The highest BCUT2D eigenvalue weighted by atomic mass is 15.4. The van der Waals surface area contributed by atoms with Crippen LogP contribution in [0.15, 0.2) is 30.7 Å². The fourth-order valence-corrected chi connectivity index (χ4v) is 1.66. The van der Waals surface area contributed by atoms with Crippen LogP contribution in [0, 0.1) is 5.92 Å². The van der Waals surface area contributed by atoms with E-state index in [0.29, 0.717) is 5.92 Å². The molecule has 0 aliphatic rings. The Morgan fingerprint density at radius 3 is 2.78 bits per heavy atom. The second-order valence-electron chi connectivity index (χ2n) is 4.79. The van der Waals surface area contributed by atoms with Crippen LogP contribution in [-0.2, 0) is 13.1 Å². The van der Waals surface area contributed by atoms with Gasteiger partial charge in [0.25, 0.3) is 0 Å². The molecule has 96 valence electrons. The van der Waals surface area contributed by atoms with Crippen molar-refractivity contribution in [1.82, 2.24) is 25.3 Å². The van der Waals surface area contributed by atoms with Crippen LogP contribution in [0.2, 0.25) is 0 Å². The maximum absolute atomic E-state index is 4.14. The van der Waals surface area contributed by atoms with Gasteiger partial charge in [-0.15, -0.1) is 5.10 Å². The molecule has 18 heavy (non-hydrogen) atoms. The summed E-state index contributed by atoms with van der Waals surface area (Å²) < 4.78 is 1.85. The molecule has 0 saturated carbocycles. The average molecular weight is 245 g/mol. The summed E-state index contributed by atoms with van der Waals surface area (Å²) in [5.41, 5.74) is 2.15. The Kier molecular flexibility index (Phi) is 4.41. The number of rotatable bonds is 6. The molecule has 5 heteroatoms. The molecule has 0 fully saturated rings. The maximum atomic E-state index is 4.14. The van der Waals surface area contributed by atoms with E-state index < -0.39 is 0 Å². The van der Waals surface area contributed by atoms with Gasteiger partial charge in [-0.25, -0.2) is 4.68 Å². The quantitative estimate of drug-likeness (QED) is 0.837. The van der Waals surface area contributed by atoms with Gasteiger partial charge in [0.05, 0.1) is 18.4 Å². The smallest absolute Gasteiger partial charge is 0.0964 e. The van der Waals surface area contributed by atoms with Crippen molar-refractivity contribution in [2.24, 2.45) is 5.92 Å². The normalized spacial score (nSPS) is 11.1. The highest BCUT2D eigenvalue weighted by Crippen LogP contribution is 2.01. The van der Waals surface area contributed by atoms with Crippen LogP contribution in [0.25, 0.3) is 0 Å². The highest BCUT2D eigenvalue weighted by molar-refractivity contribution is 5.10. The lowest BCUT2D eigenvalue weighted by Gasteiger charge is -2.04. The zero-order valence-corrected chi connectivity index (χ0v) is 10.9. The molecule has 0 aromatic carbocycles. The lowest BCUT2D eigenvalue weighted by Crippen LogP contribution is -2.19. The molecular weight excluding hydrogens is 226 g/mol. The number of hydrogen-bond acceptors (Lipinski definition) is 4. The van der Waals surface area contributed by atoms with Crippen molar-refractivity contribution in [3.63, 3.8) is 0 Å². The van der Waals surface area contributed by atoms with Crippen molar-refractivity contribution in [3.05, 3.63) is 42.0 Å². The Balaban J connectivity index is 1.86. The number of pyridine rings is 1. The standard InChI is InChI=1S/C13H19N5/c1-11(2)7-15-8-13-10-18(17-16-13)9-12-3-5-14-6-4-12/h3-6,10-11,15H,7-9H2,1-2H3. The van der Waals surface area contributed by atoms with E-state index in [4.69, 9.17) is 0 Å². The van der Waals surface area contributed by atoms with Gasteiger partial charge in [0, 0.05) is 18.9 Å². The van der Waals surface area contributed by atoms with Crippen molar-refractivity contribution in [2.45, 2.75) is 26.9 Å². The summed E-state index contributed by atoms with van der Waals surface area (Å²) >= 11 is 0. The van der Waals surface area contributed by atoms with Gasteiger partial charge in [0.2, 0.25) is 0 Å². The van der Waals surface area contributed by atoms with E-state index in [-0.39, 0.29) is 0 Å². The summed E-state index contributed by atoms with van der Waals surface area (Å²) in [6.45, 7) is 6.88. The number of aromatic nitrogens is 4. The maximum Gasteiger partial charge on any atom is 0.0964 e. The molecule has 0 unspecified atom stereocenters. The van der Waals surface area contributed by atoms with Crippen LogP contribution >= 0.6 is 0 Å². The van der Waals surface area contributed by atoms with E-state index in [1.807, 2.05) is 23.0 Å². The van der Waals surface area contributed by atoms with Gasteiger partial charge in [0.1, 0.15) is 0 Å². The van der Waals surface area contributed by atoms with E-state index in [9.17, 15) is 0 Å². The third-order valence-corrected chi connectivity index (χ3v) is 2.54. The number of hydrogen-bond donors (Lipinski definition) is 1. The molecule has 0 atom stereocenters. The molecule has 2 aromatic rings. The monoisotopic (exact) mass is 245 g/mol. The molecule has 0 aliphatic heterocycles. The minimum atomic E-state index is 0.650. The third-order valence-electron chi connectivity index (χ3n) is 2.54. The van der Waals surface area contributed by atoms with E-state index >= 15 is 0 Å².